The van der Waals surface area contributed by atoms with Gasteiger partial charge >= 0.3 is 6.18 Å². The summed E-state index contributed by atoms with van der Waals surface area (Å²) < 4.78 is 37.3. The minimum atomic E-state index is -4.47. The van der Waals surface area contributed by atoms with Gasteiger partial charge in [-0.3, -0.25) is 0 Å². The Bertz CT molecular complexity index is 370. The first-order chi connectivity index (χ1) is 7.23. The topological polar surface area (TPSA) is 25.8 Å². The minimum Gasteiger partial charge on any atom is -0.233 e. The second-order valence-corrected chi connectivity index (χ2v) is 4.34. The number of alkyl halides is 3. The van der Waals surface area contributed by atoms with Crippen LogP contribution in [0.2, 0.25) is 0 Å². The zero-order valence-corrected chi connectivity index (χ0v) is 9.76. The van der Waals surface area contributed by atoms with Crippen molar-refractivity contribution in [2.45, 2.75) is 45.7 Å². The molecule has 5 heteroatoms. The van der Waals surface area contributed by atoms with E-state index in [1.165, 1.54) is 6.20 Å². The Hall–Kier alpha value is -1.13. The highest BCUT2D eigenvalue weighted by atomic mass is 19.4. The zero-order valence-electron chi connectivity index (χ0n) is 9.76. The Kier molecular flexibility index (Phi) is 3.55. The molecule has 0 aliphatic rings. The molecule has 0 aliphatic carbocycles. The maximum atomic E-state index is 12.4. The second kappa shape index (κ2) is 4.39. The maximum Gasteiger partial charge on any atom is 0.451 e. The number of hydrogen-bond acceptors (Lipinski definition) is 2. The first kappa shape index (κ1) is 12.9. The van der Waals surface area contributed by atoms with E-state index in [9.17, 15) is 13.2 Å². The summed E-state index contributed by atoms with van der Waals surface area (Å²) in [5, 5.41) is 0. The standard InChI is InChI=1S/C11H15F3N2/c1-6(2)8-5-15-10(11(12,13)14)16-9(8)7(3)4/h5-7H,1-4H3. The minimum absolute atomic E-state index is 0.0403. The fraction of sp³-hybridized carbons (Fsp3) is 0.636. The molecule has 1 rings (SSSR count). The molecule has 90 valence electrons. The predicted molar refractivity (Wildman–Crippen MR) is 55.2 cm³/mol. The first-order valence-corrected chi connectivity index (χ1v) is 5.17. The molecule has 0 spiro atoms. The van der Waals surface area contributed by atoms with Gasteiger partial charge in [0.1, 0.15) is 0 Å². The van der Waals surface area contributed by atoms with Crippen molar-refractivity contribution in [1.29, 1.82) is 0 Å². The highest BCUT2D eigenvalue weighted by Gasteiger charge is 2.35. The molecule has 0 radical (unpaired) electrons. The molecule has 0 saturated carbocycles. The summed E-state index contributed by atoms with van der Waals surface area (Å²) in [4.78, 5) is 7.01. The quantitative estimate of drug-likeness (QED) is 0.776. The molecule has 0 unspecified atom stereocenters. The van der Waals surface area contributed by atoms with Crippen molar-refractivity contribution >= 4 is 0 Å². The Morgan fingerprint density at radius 3 is 2.00 bits per heavy atom. The van der Waals surface area contributed by atoms with Crippen LogP contribution in [0.5, 0.6) is 0 Å². The van der Waals surface area contributed by atoms with Gasteiger partial charge in [-0.05, 0) is 17.4 Å². The molecule has 1 aromatic rings. The van der Waals surface area contributed by atoms with Crippen LogP contribution in [-0.4, -0.2) is 9.97 Å². The number of rotatable bonds is 2. The van der Waals surface area contributed by atoms with Crippen LogP contribution in [0.1, 0.15) is 56.6 Å². The lowest BCUT2D eigenvalue weighted by Crippen LogP contribution is -2.15. The van der Waals surface area contributed by atoms with Crippen LogP contribution in [0.4, 0.5) is 13.2 Å². The van der Waals surface area contributed by atoms with E-state index < -0.39 is 12.0 Å². The van der Waals surface area contributed by atoms with E-state index in [4.69, 9.17) is 0 Å². The molecule has 0 aromatic carbocycles. The van der Waals surface area contributed by atoms with Gasteiger partial charge in [0.05, 0.1) is 5.69 Å². The first-order valence-electron chi connectivity index (χ1n) is 5.17. The fourth-order valence-electron chi connectivity index (χ4n) is 1.45. The van der Waals surface area contributed by atoms with Gasteiger partial charge < -0.3 is 0 Å². The normalized spacial score (nSPS) is 12.6. The lowest BCUT2D eigenvalue weighted by atomic mass is 9.97. The summed E-state index contributed by atoms with van der Waals surface area (Å²) in [7, 11) is 0. The third kappa shape index (κ3) is 2.71. The van der Waals surface area contributed by atoms with Crippen LogP contribution in [-0.2, 0) is 6.18 Å². The largest absolute Gasteiger partial charge is 0.451 e. The molecule has 1 heterocycles. The number of halogens is 3. The van der Waals surface area contributed by atoms with Crippen LogP contribution in [0, 0.1) is 0 Å². The molecule has 0 N–H and O–H groups in total. The van der Waals surface area contributed by atoms with Crippen LogP contribution >= 0.6 is 0 Å². The van der Waals surface area contributed by atoms with Crippen molar-refractivity contribution in [3.63, 3.8) is 0 Å². The molecule has 0 atom stereocenters. The third-order valence-electron chi connectivity index (χ3n) is 2.27. The Morgan fingerprint density at radius 2 is 1.62 bits per heavy atom. The van der Waals surface area contributed by atoms with Crippen LogP contribution in [0.25, 0.3) is 0 Å². The molecule has 0 amide bonds. The van der Waals surface area contributed by atoms with E-state index in [1.807, 2.05) is 27.7 Å². The van der Waals surface area contributed by atoms with E-state index in [0.717, 1.165) is 5.56 Å². The third-order valence-corrected chi connectivity index (χ3v) is 2.27. The van der Waals surface area contributed by atoms with Crippen molar-refractivity contribution in [3.8, 4) is 0 Å². The van der Waals surface area contributed by atoms with E-state index in [-0.39, 0.29) is 11.8 Å². The molecule has 2 nitrogen and oxygen atoms in total. The monoisotopic (exact) mass is 232 g/mol. The highest BCUT2D eigenvalue weighted by molar-refractivity contribution is 5.24. The van der Waals surface area contributed by atoms with Gasteiger partial charge in [-0.15, -0.1) is 0 Å². The summed E-state index contributed by atoms with van der Waals surface area (Å²) in [5.74, 6) is -0.971. The number of hydrogen-bond donors (Lipinski definition) is 0. The van der Waals surface area contributed by atoms with Crippen LogP contribution in [0.3, 0.4) is 0 Å². The molecule has 0 saturated heterocycles. The Morgan fingerprint density at radius 1 is 1.06 bits per heavy atom. The average Bonchev–Trinajstić information content (AvgIpc) is 2.15. The van der Waals surface area contributed by atoms with Crippen molar-refractivity contribution in [2.75, 3.05) is 0 Å². The van der Waals surface area contributed by atoms with Crippen molar-refractivity contribution < 1.29 is 13.2 Å². The van der Waals surface area contributed by atoms with Gasteiger partial charge in [0.2, 0.25) is 5.82 Å². The van der Waals surface area contributed by atoms with E-state index in [2.05, 4.69) is 9.97 Å². The van der Waals surface area contributed by atoms with Gasteiger partial charge in [-0.25, -0.2) is 9.97 Å². The number of nitrogens with zero attached hydrogens (tertiary/aromatic N) is 2. The van der Waals surface area contributed by atoms with Gasteiger partial charge in [0.15, 0.2) is 0 Å². The zero-order chi connectivity index (χ0) is 12.5. The Labute approximate surface area is 92.9 Å². The van der Waals surface area contributed by atoms with E-state index >= 15 is 0 Å². The molecule has 0 bridgehead atoms. The van der Waals surface area contributed by atoms with E-state index in [1.54, 1.807) is 0 Å². The fourth-order valence-corrected chi connectivity index (χ4v) is 1.45. The van der Waals surface area contributed by atoms with Crippen LogP contribution < -0.4 is 0 Å². The molecule has 1 aromatic heterocycles. The van der Waals surface area contributed by atoms with Gasteiger partial charge in [-0.1, -0.05) is 27.7 Å². The van der Waals surface area contributed by atoms with Gasteiger partial charge in [0.25, 0.3) is 0 Å². The molecule has 0 fully saturated rings. The van der Waals surface area contributed by atoms with Crippen LogP contribution in [0.15, 0.2) is 6.20 Å². The molecular formula is C11H15F3N2. The maximum absolute atomic E-state index is 12.4. The smallest absolute Gasteiger partial charge is 0.233 e. The molecule has 16 heavy (non-hydrogen) atoms. The Balaban J connectivity index is 3.29. The number of aromatic nitrogens is 2. The lowest BCUT2D eigenvalue weighted by Gasteiger charge is -2.16. The molecular weight excluding hydrogens is 217 g/mol. The average molecular weight is 232 g/mol. The highest BCUT2D eigenvalue weighted by Crippen LogP contribution is 2.30. The SMILES string of the molecule is CC(C)c1cnc(C(F)(F)F)nc1C(C)C. The lowest BCUT2D eigenvalue weighted by molar-refractivity contribution is -0.145. The molecule has 0 aliphatic heterocycles. The second-order valence-electron chi connectivity index (χ2n) is 4.34. The van der Waals surface area contributed by atoms with E-state index in [0.29, 0.717) is 5.69 Å². The summed E-state index contributed by atoms with van der Waals surface area (Å²) in [5.41, 5.74) is 1.26. The summed E-state index contributed by atoms with van der Waals surface area (Å²) in [6.45, 7) is 7.48. The van der Waals surface area contributed by atoms with Crippen molar-refractivity contribution in [3.05, 3.63) is 23.3 Å². The van der Waals surface area contributed by atoms with Gasteiger partial charge in [0, 0.05) is 6.20 Å². The van der Waals surface area contributed by atoms with Gasteiger partial charge in [-0.2, -0.15) is 13.2 Å². The predicted octanol–water partition coefficient (Wildman–Crippen LogP) is 3.74. The van der Waals surface area contributed by atoms with Crippen molar-refractivity contribution in [2.24, 2.45) is 0 Å². The summed E-state index contributed by atoms with van der Waals surface area (Å²) >= 11 is 0. The van der Waals surface area contributed by atoms with Crippen molar-refractivity contribution in [1.82, 2.24) is 9.97 Å². The summed E-state index contributed by atoms with van der Waals surface area (Å²) in [6.07, 6.45) is -3.19. The summed E-state index contributed by atoms with van der Waals surface area (Å²) in [6, 6.07) is 0.